The quantitative estimate of drug-likeness (QED) is 0.731. The molecule has 4 heteroatoms. The van der Waals surface area contributed by atoms with E-state index in [9.17, 15) is 5.11 Å². The molecule has 0 fully saturated rings. The number of nitrogens with zero attached hydrogens (tertiary/aromatic N) is 1. The van der Waals surface area contributed by atoms with Crippen LogP contribution in [-0.2, 0) is 0 Å². The number of phenolic OH excluding ortho intramolecular Hbond substituents is 1. The van der Waals surface area contributed by atoms with E-state index in [0.717, 1.165) is 23.3 Å². The lowest BCUT2D eigenvalue weighted by atomic mass is 9.94. The first kappa shape index (κ1) is 15.1. The van der Waals surface area contributed by atoms with Gasteiger partial charge in [-0.05, 0) is 23.1 Å². The van der Waals surface area contributed by atoms with Crippen LogP contribution < -0.4 is 5.32 Å². The van der Waals surface area contributed by atoms with Crippen LogP contribution in [0.25, 0.3) is 0 Å². The van der Waals surface area contributed by atoms with E-state index >= 15 is 0 Å². The fourth-order valence-electron chi connectivity index (χ4n) is 3.09. The molecule has 120 valence electrons. The van der Waals surface area contributed by atoms with Crippen molar-refractivity contribution in [3.63, 3.8) is 0 Å². The van der Waals surface area contributed by atoms with Gasteiger partial charge in [-0.2, -0.15) is 0 Å². The second-order valence-corrected chi connectivity index (χ2v) is 6.82. The molecule has 0 amide bonds. The van der Waals surface area contributed by atoms with Gasteiger partial charge in [0.25, 0.3) is 0 Å². The SMILES string of the molecule is Oc1ccccc1C1CC(c2ccccc2)=NC(c2cccs2)N1. The molecule has 1 aromatic heterocycles. The normalized spacial score (nSPS) is 20.6. The van der Waals surface area contributed by atoms with E-state index in [1.807, 2.05) is 42.5 Å². The molecule has 0 radical (unpaired) electrons. The van der Waals surface area contributed by atoms with Gasteiger partial charge in [0, 0.05) is 28.6 Å². The monoisotopic (exact) mass is 334 g/mol. The number of benzene rings is 2. The average Bonchev–Trinajstić information content (AvgIpc) is 3.17. The van der Waals surface area contributed by atoms with Crippen molar-refractivity contribution in [2.24, 2.45) is 4.99 Å². The fourth-order valence-corrected chi connectivity index (χ4v) is 3.81. The molecule has 4 rings (SSSR count). The van der Waals surface area contributed by atoms with E-state index < -0.39 is 0 Å². The molecule has 0 saturated carbocycles. The van der Waals surface area contributed by atoms with Crippen LogP contribution in [0.5, 0.6) is 5.75 Å². The van der Waals surface area contributed by atoms with Gasteiger partial charge in [-0.1, -0.05) is 54.6 Å². The van der Waals surface area contributed by atoms with E-state index in [0.29, 0.717) is 5.75 Å². The summed E-state index contributed by atoms with van der Waals surface area (Å²) >= 11 is 1.70. The lowest BCUT2D eigenvalue weighted by Crippen LogP contribution is -2.32. The van der Waals surface area contributed by atoms with Crippen LogP contribution >= 0.6 is 11.3 Å². The lowest BCUT2D eigenvalue weighted by molar-refractivity contribution is 0.415. The van der Waals surface area contributed by atoms with Crippen LogP contribution in [-0.4, -0.2) is 10.8 Å². The number of aromatic hydroxyl groups is 1. The molecule has 24 heavy (non-hydrogen) atoms. The summed E-state index contributed by atoms with van der Waals surface area (Å²) in [6, 6.07) is 22.0. The number of nitrogens with one attached hydrogen (secondary N) is 1. The molecule has 1 aliphatic heterocycles. The Morgan fingerprint density at radius 1 is 0.958 bits per heavy atom. The van der Waals surface area contributed by atoms with Gasteiger partial charge in [-0.15, -0.1) is 11.3 Å². The van der Waals surface area contributed by atoms with Crippen LogP contribution in [0.3, 0.4) is 0 Å². The molecule has 2 unspecified atom stereocenters. The second-order valence-electron chi connectivity index (χ2n) is 5.84. The number of aliphatic imine (C=N–C) groups is 1. The third kappa shape index (κ3) is 2.98. The maximum Gasteiger partial charge on any atom is 0.135 e. The number of hydrogen-bond donors (Lipinski definition) is 2. The highest BCUT2D eigenvalue weighted by Gasteiger charge is 2.27. The molecular formula is C20H18N2OS. The summed E-state index contributed by atoms with van der Waals surface area (Å²) in [4.78, 5) is 6.12. The molecule has 1 aliphatic rings. The third-order valence-corrected chi connectivity index (χ3v) is 5.20. The highest BCUT2D eigenvalue weighted by Crippen LogP contribution is 2.35. The minimum Gasteiger partial charge on any atom is -0.508 e. The van der Waals surface area contributed by atoms with Gasteiger partial charge in [-0.25, -0.2) is 0 Å². The Morgan fingerprint density at radius 2 is 1.75 bits per heavy atom. The fraction of sp³-hybridized carbons (Fsp3) is 0.150. The number of hydrogen-bond acceptors (Lipinski definition) is 4. The molecule has 0 bridgehead atoms. The van der Waals surface area contributed by atoms with E-state index in [-0.39, 0.29) is 12.2 Å². The van der Waals surface area contributed by atoms with Crippen molar-refractivity contribution < 1.29 is 5.11 Å². The Hall–Kier alpha value is -2.43. The molecule has 3 nitrogen and oxygen atoms in total. The predicted molar refractivity (Wildman–Crippen MR) is 98.6 cm³/mol. The Kier molecular flexibility index (Phi) is 4.15. The molecule has 2 heterocycles. The number of phenols is 1. The Balaban J connectivity index is 1.74. The van der Waals surface area contributed by atoms with Crippen LogP contribution in [0, 0.1) is 0 Å². The largest absolute Gasteiger partial charge is 0.508 e. The zero-order valence-electron chi connectivity index (χ0n) is 13.1. The van der Waals surface area contributed by atoms with Crippen molar-refractivity contribution in [2.45, 2.75) is 18.6 Å². The predicted octanol–water partition coefficient (Wildman–Crippen LogP) is 4.68. The topological polar surface area (TPSA) is 44.6 Å². The van der Waals surface area contributed by atoms with Gasteiger partial charge in [0.15, 0.2) is 0 Å². The smallest absolute Gasteiger partial charge is 0.135 e. The maximum absolute atomic E-state index is 10.3. The van der Waals surface area contributed by atoms with Gasteiger partial charge in [0.05, 0.1) is 0 Å². The van der Waals surface area contributed by atoms with Crippen LogP contribution in [0.2, 0.25) is 0 Å². The summed E-state index contributed by atoms with van der Waals surface area (Å²) in [5.41, 5.74) is 3.13. The third-order valence-electron chi connectivity index (χ3n) is 4.27. The van der Waals surface area contributed by atoms with E-state index in [1.165, 1.54) is 4.88 Å². The van der Waals surface area contributed by atoms with Gasteiger partial charge in [-0.3, -0.25) is 10.3 Å². The van der Waals surface area contributed by atoms with Gasteiger partial charge in [0.2, 0.25) is 0 Å². The van der Waals surface area contributed by atoms with E-state index in [2.05, 4.69) is 28.9 Å². The van der Waals surface area contributed by atoms with E-state index in [1.54, 1.807) is 17.4 Å². The molecule has 0 spiro atoms. The van der Waals surface area contributed by atoms with Crippen LogP contribution in [0.1, 0.15) is 34.6 Å². The van der Waals surface area contributed by atoms with Crippen molar-refractivity contribution >= 4 is 17.0 Å². The highest BCUT2D eigenvalue weighted by molar-refractivity contribution is 7.10. The van der Waals surface area contributed by atoms with Crippen molar-refractivity contribution in [3.05, 3.63) is 88.1 Å². The average molecular weight is 334 g/mol. The highest BCUT2D eigenvalue weighted by atomic mass is 32.1. The minimum atomic E-state index is -0.0847. The molecule has 0 saturated heterocycles. The zero-order chi connectivity index (χ0) is 16.4. The Bertz CT molecular complexity index is 843. The Morgan fingerprint density at radius 3 is 2.50 bits per heavy atom. The van der Waals surface area contributed by atoms with E-state index in [4.69, 9.17) is 4.99 Å². The molecule has 3 aromatic rings. The summed E-state index contributed by atoms with van der Waals surface area (Å²) < 4.78 is 0. The molecular weight excluding hydrogens is 316 g/mol. The zero-order valence-corrected chi connectivity index (χ0v) is 13.9. The minimum absolute atomic E-state index is 0.0333. The first-order chi connectivity index (χ1) is 11.8. The molecule has 2 N–H and O–H groups in total. The summed E-state index contributed by atoms with van der Waals surface area (Å²) in [5, 5.41) is 15.9. The van der Waals surface area contributed by atoms with Crippen molar-refractivity contribution in [2.75, 3.05) is 0 Å². The maximum atomic E-state index is 10.3. The Labute approximate surface area is 145 Å². The lowest BCUT2D eigenvalue weighted by Gasteiger charge is -2.30. The first-order valence-corrected chi connectivity index (χ1v) is 8.88. The molecule has 2 aromatic carbocycles. The summed E-state index contributed by atoms with van der Waals surface area (Å²) in [7, 11) is 0. The summed E-state index contributed by atoms with van der Waals surface area (Å²) in [6.07, 6.45) is 0.669. The van der Waals surface area contributed by atoms with Crippen LogP contribution in [0.4, 0.5) is 0 Å². The number of rotatable bonds is 3. The number of thiophene rings is 1. The molecule has 2 atom stereocenters. The van der Waals surface area contributed by atoms with Crippen molar-refractivity contribution in [1.29, 1.82) is 0 Å². The first-order valence-electron chi connectivity index (χ1n) is 8.01. The van der Waals surface area contributed by atoms with Crippen molar-refractivity contribution in [3.8, 4) is 5.75 Å². The molecule has 0 aliphatic carbocycles. The van der Waals surface area contributed by atoms with Crippen LogP contribution in [0.15, 0.2) is 77.1 Å². The summed E-state index contributed by atoms with van der Waals surface area (Å²) in [6.45, 7) is 0. The van der Waals surface area contributed by atoms with Gasteiger partial charge >= 0.3 is 0 Å². The number of para-hydroxylation sites is 1. The summed E-state index contributed by atoms with van der Waals surface area (Å²) in [5.74, 6) is 0.328. The standard InChI is InChI=1S/C20H18N2OS/c23-18-10-5-4-9-15(18)17-13-16(14-7-2-1-3-8-14)21-20(22-17)19-11-6-12-24-19/h1-12,17,20,22-23H,13H2. The van der Waals surface area contributed by atoms with Gasteiger partial charge < -0.3 is 5.11 Å². The van der Waals surface area contributed by atoms with Gasteiger partial charge in [0.1, 0.15) is 11.9 Å². The van der Waals surface area contributed by atoms with Crippen molar-refractivity contribution in [1.82, 2.24) is 5.32 Å². The second kappa shape index (κ2) is 6.59.